The molecular weight excluding hydrogens is 150 g/mol. The lowest BCUT2D eigenvalue weighted by atomic mass is 10.3. The van der Waals surface area contributed by atoms with E-state index in [1.807, 2.05) is 19.1 Å². The number of hydrogen-bond donors (Lipinski definition) is 1. The summed E-state index contributed by atoms with van der Waals surface area (Å²) >= 11 is 0. The maximum absolute atomic E-state index is 11.0. The maximum atomic E-state index is 11.0. The minimum atomic E-state index is -0.0125. The molecule has 1 amide bonds. The van der Waals surface area contributed by atoms with Crippen LogP contribution in [0.25, 0.3) is 0 Å². The van der Waals surface area contributed by atoms with Crippen LogP contribution >= 0.6 is 0 Å². The average Bonchev–Trinajstić information content (AvgIpc) is 2.06. The van der Waals surface area contributed by atoms with Crippen LogP contribution in [0.15, 0.2) is 24.3 Å². The summed E-state index contributed by atoms with van der Waals surface area (Å²) in [4.78, 5) is 11.0. The monoisotopic (exact) mass is 167 g/mol. The standard InChI is InChI=1S/C10H17NO/c1-3-5-7-8-10(12)11-9-6-4-2/h3,5,7-8H,4,6,9H2,1-2H3,(H,11,12)/b5-3+,8-7+. The Balaban J connectivity index is 3.45. The van der Waals surface area contributed by atoms with Gasteiger partial charge in [0.25, 0.3) is 0 Å². The van der Waals surface area contributed by atoms with Crippen molar-refractivity contribution in [3.05, 3.63) is 24.3 Å². The van der Waals surface area contributed by atoms with E-state index in [1.54, 1.807) is 6.08 Å². The minimum Gasteiger partial charge on any atom is -0.353 e. The van der Waals surface area contributed by atoms with Crippen LogP contribution < -0.4 is 5.32 Å². The van der Waals surface area contributed by atoms with Crippen LogP contribution in [0.4, 0.5) is 0 Å². The highest BCUT2D eigenvalue weighted by Gasteiger charge is 1.90. The smallest absolute Gasteiger partial charge is 0.243 e. The quantitative estimate of drug-likeness (QED) is 0.379. The van der Waals surface area contributed by atoms with Crippen LogP contribution in [0.3, 0.4) is 0 Å². The summed E-state index contributed by atoms with van der Waals surface area (Å²) in [6, 6.07) is 0. The van der Waals surface area contributed by atoms with Crippen molar-refractivity contribution in [2.45, 2.75) is 26.7 Å². The highest BCUT2D eigenvalue weighted by atomic mass is 16.1. The lowest BCUT2D eigenvalue weighted by molar-refractivity contribution is -0.116. The summed E-state index contributed by atoms with van der Waals surface area (Å²) in [6.45, 7) is 4.79. The molecule has 0 fully saturated rings. The van der Waals surface area contributed by atoms with Gasteiger partial charge in [-0.25, -0.2) is 0 Å². The molecule has 12 heavy (non-hydrogen) atoms. The molecular formula is C10H17NO. The predicted octanol–water partition coefficient (Wildman–Crippen LogP) is 2.04. The molecule has 2 heteroatoms. The Morgan fingerprint density at radius 2 is 2.17 bits per heavy atom. The summed E-state index contributed by atoms with van der Waals surface area (Å²) in [6.07, 6.45) is 9.15. The zero-order valence-electron chi connectivity index (χ0n) is 7.84. The number of rotatable bonds is 5. The molecule has 0 aromatic rings. The van der Waals surface area contributed by atoms with Crippen LogP contribution in [0.1, 0.15) is 26.7 Å². The highest BCUT2D eigenvalue weighted by Crippen LogP contribution is 1.83. The third kappa shape index (κ3) is 7.06. The van der Waals surface area contributed by atoms with E-state index in [4.69, 9.17) is 0 Å². The molecule has 0 aromatic carbocycles. The number of nitrogens with one attached hydrogen (secondary N) is 1. The van der Waals surface area contributed by atoms with E-state index in [9.17, 15) is 4.79 Å². The van der Waals surface area contributed by atoms with Crippen LogP contribution in [-0.2, 0) is 4.79 Å². The van der Waals surface area contributed by atoms with Gasteiger partial charge < -0.3 is 5.32 Å². The normalized spacial score (nSPS) is 11.2. The molecule has 0 aliphatic carbocycles. The average molecular weight is 167 g/mol. The Hall–Kier alpha value is -1.05. The molecule has 2 nitrogen and oxygen atoms in total. The van der Waals surface area contributed by atoms with Crippen LogP contribution in [0, 0.1) is 0 Å². The Morgan fingerprint density at radius 3 is 2.75 bits per heavy atom. The Morgan fingerprint density at radius 1 is 1.42 bits per heavy atom. The van der Waals surface area contributed by atoms with E-state index in [0.717, 1.165) is 19.4 Å². The van der Waals surface area contributed by atoms with E-state index in [1.165, 1.54) is 6.08 Å². The molecule has 0 aromatic heterocycles. The molecule has 1 N–H and O–H groups in total. The third-order valence-electron chi connectivity index (χ3n) is 1.38. The molecule has 0 aliphatic rings. The molecule has 0 saturated heterocycles. The summed E-state index contributed by atoms with van der Waals surface area (Å²) in [5, 5.41) is 2.78. The Kier molecular flexibility index (Phi) is 7.35. The largest absolute Gasteiger partial charge is 0.353 e. The fourth-order valence-electron chi connectivity index (χ4n) is 0.701. The van der Waals surface area contributed by atoms with Crippen molar-refractivity contribution in [3.63, 3.8) is 0 Å². The molecule has 0 atom stereocenters. The Bertz CT molecular complexity index is 171. The van der Waals surface area contributed by atoms with Crippen molar-refractivity contribution in [3.8, 4) is 0 Å². The maximum Gasteiger partial charge on any atom is 0.243 e. The highest BCUT2D eigenvalue weighted by molar-refractivity contribution is 5.87. The number of carbonyl (C=O) groups excluding carboxylic acids is 1. The van der Waals surface area contributed by atoms with Gasteiger partial charge >= 0.3 is 0 Å². The van der Waals surface area contributed by atoms with Gasteiger partial charge in [-0.05, 0) is 13.3 Å². The minimum absolute atomic E-state index is 0.0125. The summed E-state index contributed by atoms with van der Waals surface area (Å²) in [5.41, 5.74) is 0. The van der Waals surface area contributed by atoms with Gasteiger partial charge in [-0.3, -0.25) is 4.79 Å². The Labute approximate surface area is 74.4 Å². The lowest BCUT2D eigenvalue weighted by Crippen LogP contribution is -2.21. The first kappa shape index (κ1) is 11.0. The second-order valence-corrected chi connectivity index (χ2v) is 2.53. The molecule has 0 aliphatic heterocycles. The van der Waals surface area contributed by atoms with Crippen molar-refractivity contribution in [1.29, 1.82) is 0 Å². The summed E-state index contributed by atoms with van der Waals surface area (Å²) < 4.78 is 0. The van der Waals surface area contributed by atoms with E-state index in [2.05, 4.69) is 12.2 Å². The van der Waals surface area contributed by atoms with Crippen molar-refractivity contribution in [2.24, 2.45) is 0 Å². The van der Waals surface area contributed by atoms with Crippen LogP contribution in [0.2, 0.25) is 0 Å². The second kappa shape index (κ2) is 8.05. The molecule has 0 radical (unpaired) electrons. The molecule has 0 heterocycles. The van der Waals surface area contributed by atoms with Gasteiger partial charge in [-0.2, -0.15) is 0 Å². The molecule has 0 rings (SSSR count). The van der Waals surface area contributed by atoms with Gasteiger partial charge in [-0.1, -0.05) is 31.6 Å². The molecule has 0 saturated carbocycles. The molecule has 0 unspecified atom stereocenters. The summed E-state index contributed by atoms with van der Waals surface area (Å²) in [5.74, 6) is -0.0125. The van der Waals surface area contributed by atoms with Gasteiger partial charge in [0.05, 0.1) is 0 Å². The number of allylic oxidation sites excluding steroid dienone is 3. The fraction of sp³-hybridized carbons (Fsp3) is 0.500. The topological polar surface area (TPSA) is 29.1 Å². The number of carbonyl (C=O) groups is 1. The fourth-order valence-corrected chi connectivity index (χ4v) is 0.701. The zero-order valence-corrected chi connectivity index (χ0v) is 7.84. The third-order valence-corrected chi connectivity index (χ3v) is 1.38. The van der Waals surface area contributed by atoms with Crippen molar-refractivity contribution in [1.82, 2.24) is 5.32 Å². The van der Waals surface area contributed by atoms with E-state index < -0.39 is 0 Å². The van der Waals surface area contributed by atoms with Crippen molar-refractivity contribution in [2.75, 3.05) is 6.54 Å². The van der Waals surface area contributed by atoms with Gasteiger partial charge in [0.1, 0.15) is 0 Å². The number of unbranched alkanes of at least 4 members (excludes halogenated alkanes) is 1. The van der Waals surface area contributed by atoms with Gasteiger partial charge in [0.2, 0.25) is 5.91 Å². The zero-order chi connectivity index (χ0) is 9.23. The van der Waals surface area contributed by atoms with Crippen molar-refractivity contribution < 1.29 is 4.79 Å². The van der Waals surface area contributed by atoms with Gasteiger partial charge in [0, 0.05) is 12.6 Å². The molecule has 68 valence electrons. The first-order valence-corrected chi connectivity index (χ1v) is 4.38. The first-order chi connectivity index (χ1) is 5.81. The number of amides is 1. The van der Waals surface area contributed by atoms with Gasteiger partial charge in [-0.15, -0.1) is 0 Å². The van der Waals surface area contributed by atoms with Crippen molar-refractivity contribution >= 4 is 5.91 Å². The predicted molar refractivity (Wildman–Crippen MR) is 51.9 cm³/mol. The van der Waals surface area contributed by atoms with Crippen LogP contribution in [0.5, 0.6) is 0 Å². The van der Waals surface area contributed by atoms with E-state index >= 15 is 0 Å². The number of hydrogen-bond acceptors (Lipinski definition) is 1. The van der Waals surface area contributed by atoms with Gasteiger partial charge in [0.15, 0.2) is 0 Å². The SMILES string of the molecule is C/C=C/C=C/C(=O)NCCCC. The van der Waals surface area contributed by atoms with E-state index in [0.29, 0.717) is 0 Å². The van der Waals surface area contributed by atoms with E-state index in [-0.39, 0.29) is 5.91 Å². The summed E-state index contributed by atoms with van der Waals surface area (Å²) in [7, 11) is 0. The molecule has 0 spiro atoms. The lowest BCUT2D eigenvalue weighted by Gasteiger charge is -1.97. The van der Waals surface area contributed by atoms with Crippen LogP contribution in [-0.4, -0.2) is 12.5 Å². The molecule has 0 bridgehead atoms. The first-order valence-electron chi connectivity index (χ1n) is 4.38. The second-order valence-electron chi connectivity index (χ2n) is 2.53.